The molecule has 1 atom stereocenters. The fourth-order valence-electron chi connectivity index (χ4n) is 0.833. The van der Waals surface area contributed by atoms with Gasteiger partial charge < -0.3 is 10.5 Å². The lowest BCUT2D eigenvalue weighted by Crippen LogP contribution is -2.22. The highest BCUT2D eigenvalue weighted by molar-refractivity contribution is 7.87. The van der Waals surface area contributed by atoms with Crippen LogP contribution in [0, 0.1) is 0 Å². The van der Waals surface area contributed by atoms with E-state index in [4.69, 9.17) is 15.6 Å². The summed E-state index contributed by atoms with van der Waals surface area (Å²) in [5.41, 5.74) is 5.21. The summed E-state index contributed by atoms with van der Waals surface area (Å²) in [6.07, 6.45) is 2.04. The molecule has 5 nitrogen and oxygen atoms in total. The smallest absolute Gasteiger partial charge is 0.228 e. The molecule has 0 amide bonds. The average Bonchev–Trinajstić information content (AvgIpc) is 2.07. The Morgan fingerprint density at radius 2 is 2.50 bits per heavy atom. The molecule has 0 aliphatic carbocycles. The topological polar surface area (TPSA) is 90.7 Å². The Morgan fingerprint density at radius 1 is 1.75 bits per heavy atom. The van der Waals surface area contributed by atoms with E-state index in [-0.39, 0.29) is 4.91 Å². The van der Waals surface area contributed by atoms with Gasteiger partial charge in [-0.25, -0.2) is 9.35 Å². The molecule has 0 aromatic carbocycles. The fourth-order valence-corrected chi connectivity index (χ4v) is 1.26. The average molecular weight is 189 g/mol. The second-order valence-electron chi connectivity index (χ2n) is 2.22. The molecule has 1 heterocycles. The van der Waals surface area contributed by atoms with Crippen molar-refractivity contribution in [3.63, 3.8) is 0 Å². The van der Waals surface area contributed by atoms with Gasteiger partial charge in [-0.05, 0) is 0 Å². The van der Waals surface area contributed by atoms with E-state index in [1.54, 1.807) is 0 Å². The number of hydrogen-bond acceptors (Lipinski definition) is 4. The third kappa shape index (κ3) is 2.05. The molecule has 68 valence electrons. The molecule has 0 radical (unpaired) electrons. The largest absolute Gasteiger partial charge is 0.477 e. The van der Waals surface area contributed by atoms with E-state index in [9.17, 15) is 4.21 Å². The zero-order valence-electron chi connectivity index (χ0n) is 6.53. The normalized spacial score (nSPS) is 21.1. The molecule has 0 spiro atoms. The van der Waals surface area contributed by atoms with Crippen LogP contribution in [-0.4, -0.2) is 23.3 Å². The van der Waals surface area contributed by atoms with Crippen LogP contribution in [0.5, 0.6) is 0 Å². The third-order valence-electron chi connectivity index (χ3n) is 1.38. The summed E-state index contributed by atoms with van der Waals surface area (Å²) in [7, 11) is -1.62. The number of rotatable bonds is 2. The highest BCUT2D eigenvalue weighted by atomic mass is 32.2. The predicted octanol–water partition coefficient (Wildman–Crippen LogP) is -0.772. The molecule has 0 bridgehead atoms. The van der Waals surface area contributed by atoms with Crippen LogP contribution in [0.4, 0.5) is 0 Å². The molecule has 1 aliphatic heterocycles. The van der Waals surface area contributed by atoms with Crippen LogP contribution in [0.3, 0.4) is 0 Å². The molecular formula is C6H11N3O2S. The Labute approximate surface area is 73.1 Å². The minimum absolute atomic E-state index is 0.259. The number of aliphatic imine (C=N–C) groups is 1. The van der Waals surface area contributed by atoms with Crippen LogP contribution in [0.1, 0.15) is 6.42 Å². The molecular weight excluding hydrogens is 178 g/mol. The lowest BCUT2D eigenvalue weighted by atomic mass is 10.4. The molecule has 1 unspecified atom stereocenters. The van der Waals surface area contributed by atoms with E-state index in [1.807, 2.05) is 0 Å². The van der Waals surface area contributed by atoms with E-state index >= 15 is 0 Å². The first kappa shape index (κ1) is 9.21. The maximum Gasteiger partial charge on any atom is 0.228 e. The van der Waals surface area contributed by atoms with Gasteiger partial charge in [-0.3, -0.25) is 4.99 Å². The molecule has 1 aliphatic rings. The van der Waals surface area contributed by atoms with Crippen LogP contribution in [0.15, 0.2) is 16.1 Å². The van der Waals surface area contributed by atoms with Gasteiger partial charge in [-0.15, -0.1) is 0 Å². The number of nitrogens with zero attached hydrogens (tertiary/aromatic N) is 1. The number of nitrogens with two attached hydrogens (primary N) is 2. The van der Waals surface area contributed by atoms with Crippen molar-refractivity contribution in [3.8, 4) is 0 Å². The maximum absolute atomic E-state index is 10.9. The number of hydrogen-bond donors (Lipinski definition) is 2. The van der Waals surface area contributed by atoms with Crippen molar-refractivity contribution >= 4 is 16.9 Å². The fraction of sp³-hybridized carbons (Fsp3) is 0.500. The van der Waals surface area contributed by atoms with E-state index in [2.05, 4.69) is 4.99 Å². The Kier molecular flexibility index (Phi) is 3.24. The molecule has 12 heavy (non-hydrogen) atoms. The summed E-state index contributed by atoms with van der Waals surface area (Å²) in [4.78, 5) is 4.25. The van der Waals surface area contributed by atoms with Crippen LogP contribution in [0.2, 0.25) is 0 Å². The summed E-state index contributed by atoms with van der Waals surface area (Å²) in [6, 6.07) is 0. The van der Waals surface area contributed by atoms with Crippen LogP contribution < -0.4 is 10.9 Å². The molecule has 4 N–H and O–H groups in total. The van der Waals surface area contributed by atoms with Gasteiger partial charge in [0.05, 0.1) is 6.61 Å². The van der Waals surface area contributed by atoms with Crippen molar-refractivity contribution in [3.05, 3.63) is 11.1 Å². The first-order chi connectivity index (χ1) is 5.75. The van der Waals surface area contributed by atoms with Gasteiger partial charge in [0.2, 0.25) is 5.90 Å². The van der Waals surface area contributed by atoms with Crippen molar-refractivity contribution in [1.29, 1.82) is 0 Å². The zero-order chi connectivity index (χ0) is 8.97. The third-order valence-corrected chi connectivity index (χ3v) is 2.12. The van der Waals surface area contributed by atoms with Crippen molar-refractivity contribution in [2.45, 2.75) is 6.42 Å². The summed E-state index contributed by atoms with van der Waals surface area (Å²) in [6.45, 7) is 1.25. The predicted molar refractivity (Wildman–Crippen MR) is 47.5 cm³/mol. The first-order valence-corrected chi connectivity index (χ1v) is 4.72. The van der Waals surface area contributed by atoms with E-state index in [0.29, 0.717) is 19.0 Å². The van der Waals surface area contributed by atoms with Crippen molar-refractivity contribution < 1.29 is 8.95 Å². The summed E-state index contributed by atoms with van der Waals surface area (Å²) in [5, 5.41) is 5.14. The second kappa shape index (κ2) is 4.22. The molecule has 0 aromatic heterocycles. The van der Waals surface area contributed by atoms with Gasteiger partial charge >= 0.3 is 0 Å². The summed E-state index contributed by atoms with van der Waals surface area (Å²) in [5.74, 6) is 0.310. The standard InChI is InChI=1S/C6H11N3O2S/c7-4-5(12(8)10)6-9-2-1-3-11-6/h4H,1-3,7-8H2/b5-4+. The van der Waals surface area contributed by atoms with Gasteiger partial charge in [-0.1, -0.05) is 0 Å². The van der Waals surface area contributed by atoms with Gasteiger partial charge in [-0.2, -0.15) is 0 Å². The minimum Gasteiger partial charge on any atom is -0.477 e. The van der Waals surface area contributed by atoms with E-state index in [1.165, 1.54) is 6.20 Å². The van der Waals surface area contributed by atoms with Crippen molar-refractivity contribution in [1.82, 2.24) is 0 Å². The monoisotopic (exact) mass is 189 g/mol. The number of ether oxygens (including phenoxy) is 1. The van der Waals surface area contributed by atoms with Gasteiger partial charge in [0, 0.05) is 19.2 Å². The van der Waals surface area contributed by atoms with Crippen LogP contribution in [0.25, 0.3) is 0 Å². The SMILES string of the molecule is N/C=C(\C1=NCCCO1)S(N)=O. The quantitative estimate of drug-likeness (QED) is 0.597. The van der Waals surface area contributed by atoms with Crippen LogP contribution in [-0.2, 0) is 15.7 Å². The molecule has 0 saturated carbocycles. The van der Waals surface area contributed by atoms with Crippen molar-refractivity contribution in [2.75, 3.05) is 13.2 Å². The zero-order valence-corrected chi connectivity index (χ0v) is 7.34. The lowest BCUT2D eigenvalue weighted by Gasteiger charge is -2.13. The van der Waals surface area contributed by atoms with Gasteiger partial charge in [0.15, 0.2) is 0 Å². The summed E-state index contributed by atoms with van der Waals surface area (Å²) >= 11 is 0. The lowest BCUT2D eigenvalue weighted by molar-refractivity contribution is 0.285. The maximum atomic E-state index is 10.9. The summed E-state index contributed by atoms with van der Waals surface area (Å²) < 4.78 is 16.0. The highest BCUT2D eigenvalue weighted by Gasteiger charge is 2.15. The second-order valence-corrected chi connectivity index (χ2v) is 3.25. The Bertz CT molecular complexity index is 249. The van der Waals surface area contributed by atoms with E-state index < -0.39 is 11.0 Å². The minimum atomic E-state index is -1.62. The molecule has 0 saturated heterocycles. The first-order valence-electron chi connectivity index (χ1n) is 3.51. The van der Waals surface area contributed by atoms with Crippen molar-refractivity contribution in [2.24, 2.45) is 15.9 Å². The highest BCUT2D eigenvalue weighted by Crippen LogP contribution is 2.06. The molecule has 6 heteroatoms. The Balaban J connectivity index is 2.79. The Morgan fingerprint density at radius 3 is 2.92 bits per heavy atom. The Hall–Kier alpha value is -0.880. The molecule has 0 aromatic rings. The van der Waals surface area contributed by atoms with Gasteiger partial charge in [0.1, 0.15) is 15.9 Å². The van der Waals surface area contributed by atoms with Crippen LogP contribution >= 0.6 is 0 Å². The molecule has 1 rings (SSSR count). The van der Waals surface area contributed by atoms with Gasteiger partial charge in [0.25, 0.3) is 0 Å². The molecule has 0 fully saturated rings. The van der Waals surface area contributed by atoms with E-state index in [0.717, 1.165) is 6.42 Å².